The van der Waals surface area contributed by atoms with Crippen LogP contribution in [-0.2, 0) is 16.6 Å². The molecule has 0 spiro atoms. The van der Waals surface area contributed by atoms with Crippen molar-refractivity contribution in [2.24, 2.45) is 0 Å². The standard InChI is InChI=1S/C19H13ClF3NO2S/c20-17-3-1-2-4-19(17)27(25,26)24(16-9-7-14(21)8-10-16)12-13-5-6-15(22)11-18(13)23/h1-11H,12H2. The molecule has 0 aliphatic carbocycles. The molecule has 3 aromatic rings. The molecule has 3 nitrogen and oxygen atoms in total. The van der Waals surface area contributed by atoms with E-state index >= 15 is 0 Å². The Kier molecular flexibility index (Phi) is 5.43. The van der Waals surface area contributed by atoms with Gasteiger partial charge in [0.15, 0.2) is 0 Å². The second kappa shape index (κ2) is 7.62. The first-order valence-electron chi connectivity index (χ1n) is 7.76. The topological polar surface area (TPSA) is 37.4 Å². The summed E-state index contributed by atoms with van der Waals surface area (Å²) in [4.78, 5) is -0.182. The van der Waals surface area contributed by atoms with Gasteiger partial charge in [-0.1, -0.05) is 29.8 Å². The quantitative estimate of drug-likeness (QED) is 0.582. The lowest BCUT2D eigenvalue weighted by molar-refractivity contribution is 0.569. The summed E-state index contributed by atoms with van der Waals surface area (Å²) in [5.41, 5.74) is 0.0661. The predicted molar refractivity (Wildman–Crippen MR) is 97.6 cm³/mol. The van der Waals surface area contributed by atoms with Crippen molar-refractivity contribution in [1.29, 1.82) is 0 Å². The molecule has 27 heavy (non-hydrogen) atoms. The van der Waals surface area contributed by atoms with Crippen LogP contribution in [0.1, 0.15) is 5.56 Å². The van der Waals surface area contributed by atoms with Gasteiger partial charge in [0.1, 0.15) is 22.3 Å². The third kappa shape index (κ3) is 4.09. The minimum Gasteiger partial charge on any atom is -0.262 e. The Hall–Kier alpha value is -2.51. The molecule has 3 aromatic carbocycles. The van der Waals surface area contributed by atoms with Crippen LogP contribution < -0.4 is 4.31 Å². The van der Waals surface area contributed by atoms with Gasteiger partial charge < -0.3 is 0 Å². The smallest absolute Gasteiger partial charge is 0.262 e. The highest BCUT2D eigenvalue weighted by molar-refractivity contribution is 7.93. The molecular weight excluding hydrogens is 399 g/mol. The molecular formula is C19H13ClF3NO2S. The van der Waals surface area contributed by atoms with Crippen LogP contribution >= 0.6 is 11.6 Å². The Morgan fingerprint density at radius 2 is 1.48 bits per heavy atom. The van der Waals surface area contributed by atoms with Crippen molar-refractivity contribution in [3.8, 4) is 0 Å². The van der Waals surface area contributed by atoms with Gasteiger partial charge in [0.05, 0.1) is 17.3 Å². The first-order valence-corrected chi connectivity index (χ1v) is 9.57. The summed E-state index contributed by atoms with van der Waals surface area (Å²) in [6.45, 7) is -0.425. The van der Waals surface area contributed by atoms with Crippen molar-refractivity contribution in [1.82, 2.24) is 0 Å². The minimum absolute atomic E-state index is 0.0100. The highest BCUT2D eigenvalue weighted by Crippen LogP contribution is 2.30. The van der Waals surface area contributed by atoms with E-state index in [1.807, 2.05) is 0 Å². The SMILES string of the molecule is O=S(=O)(c1ccccc1Cl)N(Cc1ccc(F)cc1F)c1ccc(F)cc1. The maximum absolute atomic E-state index is 14.1. The van der Waals surface area contributed by atoms with Crippen LogP contribution in [0.5, 0.6) is 0 Å². The van der Waals surface area contributed by atoms with Gasteiger partial charge in [-0.25, -0.2) is 21.6 Å². The molecule has 0 radical (unpaired) electrons. The van der Waals surface area contributed by atoms with E-state index in [2.05, 4.69) is 0 Å². The van der Waals surface area contributed by atoms with Crippen LogP contribution in [0, 0.1) is 17.5 Å². The molecule has 140 valence electrons. The van der Waals surface area contributed by atoms with Crippen molar-refractivity contribution in [3.05, 3.63) is 94.8 Å². The van der Waals surface area contributed by atoms with Gasteiger partial charge in [-0.3, -0.25) is 4.31 Å². The van der Waals surface area contributed by atoms with Gasteiger partial charge in [0, 0.05) is 11.6 Å². The molecule has 0 amide bonds. The number of anilines is 1. The van der Waals surface area contributed by atoms with E-state index < -0.39 is 34.0 Å². The van der Waals surface area contributed by atoms with Crippen LogP contribution in [-0.4, -0.2) is 8.42 Å². The fourth-order valence-electron chi connectivity index (χ4n) is 2.50. The largest absolute Gasteiger partial charge is 0.266 e. The lowest BCUT2D eigenvalue weighted by atomic mass is 10.2. The minimum atomic E-state index is -4.20. The highest BCUT2D eigenvalue weighted by atomic mass is 35.5. The lowest BCUT2D eigenvalue weighted by Crippen LogP contribution is -2.31. The van der Waals surface area contributed by atoms with Crippen molar-refractivity contribution in [2.45, 2.75) is 11.4 Å². The Bertz CT molecular complexity index is 1070. The third-order valence-electron chi connectivity index (χ3n) is 3.85. The number of benzene rings is 3. The fourth-order valence-corrected chi connectivity index (χ4v) is 4.44. The second-order valence-electron chi connectivity index (χ2n) is 5.65. The molecule has 0 heterocycles. The average molecular weight is 412 g/mol. The van der Waals surface area contributed by atoms with E-state index in [0.717, 1.165) is 28.6 Å². The van der Waals surface area contributed by atoms with Gasteiger partial charge in [-0.2, -0.15) is 0 Å². The predicted octanol–water partition coefficient (Wildman–Crippen LogP) is 5.15. The molecule has 0 aromatic heterocycles. The number of nitrogens with zero attached hydrogens (tertiary/aromatic N) is 1. The summed E-state index contributed by atoms with van der Waals surface area (Å²) in [5.74, 6) is -2.23. The molecule has 0 fully saturated rings. The monoisotopic (exact) mass is 411 g/mol. The second-order valence-corrected chi connectivity index (χ2v) is 7.89. The molecule has 0 saturated heterocycles. The van der Waals surface area contributed by atoms with Crippen LogP contribution in [0.4, 0.5) is 18.9 Å². The number of sulfonamides is 1. The molecule has 0 saturated carbocycles. The first-order chi connectivity index (χ1) is 12.8. The van der Waals surface area contributed by atoms with Gasteiger partial charge in [0.25, 0.3) is 10.0 Å². The lowest BCUT2D eigenvalue weighted by Gasteiger charge is -2.25. The number of halogens is 4. The van der Waals surface area contributed by atoms with E-state index in [0.29, 0.717) is 6.07 Å². The molecule has 8 heteroatoms. The van der Waals surface area contributed by atoms with E-state index in [9.17, 15) is 21.6 Å². The Balaban J connectivity index is 2.12. The van der Waals surface area contributed by atoms with Crippen molar-refractivity contribution >= 4 is 27.3 Å². The molecule has 0 N–H and O–H groups in total. The molecule has 0 aliphatic rings. The summed E-state index contributed by atoms with van der Waals surface area (Å²) < 4.78 is 67.8. The zero-order valence-electron chi connectivity index (χ0n) is 13.7. The first kappa shape index (κ1) is 19.3. The van der Waals surface area contributed by atoms with Crippen LogP contribution in [0.3, 0.4) is 0 Å². The molecule has 0 aliphatic heterocycles. The Morgan fingerprint density at radius 3 is 2.11 bits per heavy atom. The van der Waals surface area contributed by atoms with Crippen molar-refractivity contribution < 1.29 is 21.6 Å². The van der Waals surface area contributed by atoms with Crippen LogP contribution in [0.2, 0.25) is 5.02 Å². The van der Waals surface area contributed by atoms with E-state index in [1.165, 1.54) is 30.3 Å². The summed E-state index contributed by atoms with van der Waals surface area (Å²) in [6.07, 6.45) is 0. The number of hydrogen-bond donors (Lipinski definition) is 0. The van der Waals surface area contributed by atoms with Crippen LogP contribution in [0.15, 0.2) is 71.6 Å². The van der Waals surface area contributed by atoms with E-state index in [-0.39, 0.29) is 21.2 Å². The zero-order chi connectivity index (χ0) is 19.6. The van der Waals surface area contributed by atoms with Gasteiger partial charge in [-0.05, 0) is 42.5 Å². The van der Waals surface area contributed by atoms with Gasteiger partial charge in [-0.15, -0.1) is 0 Å². The maximum Gasteiger partial charge on any atom is 0.266 e. The number of hydrogen-bond acceptors (Lipinski definition) is 2. The Morgan fingerprint density at radius 1 is 0.852 bits per heavy atom. The molecule has 0 atom stereocenters. The summed E-state index contributed by atoms with van der Waals surface area (Å²) >= 11 is 6.03. The summed E-state index contributed by atoms with van der Waals surface area (Å²) in [5, 5.41) is -0.0100. The average Bonchev–Trinajstić information content (AvgIpc) is 2.62. The van der Waals surface area contributed by atoms with Crippen LogP contribution in [0.25, 0.3) is 0 Å². The van der Waals surface area contributed by atoms with E-state index in [1.54, 1.807) is 6.07 Å². The number of rotatable bonds is 5. The Labute approximate surface area is 159 Å². The molecule has 0 bridgehead atoms. The normalized spacial score (nSPS) is 11.4. The molecule has 0 unspecified atom stereocenters. The van der Waals surface area contributed by atoms with Crippen molar-refractivity contribution in [2.75, 3.05) is 4.31 Å². The highest BCUT2D eigenvalue weighted by Gasteiger charge is 2.28. The molecule has 3 rings (SSSR count). The van der Waals surface area contributed by atoms with Crippen molar-refractivity contribution in [3.63, 3.8) is 0 Å². The zero-order valence-corrected chi connectivity index (χ0v) is 15.3. The third-order valence-corrected chi connectivity index (χ3v) is 6.12. The van der Waals surface area contributed by atoms with Gasteiger partial charge >= 0.3 is 0 Å². The van der Waals surface area contributed by atoms with E-state index in [4.69, 9.17) is 11.6 Å². The van der Waals surface area contributed by atoms with Gasteiger partial charge in [0.2, 0.25) is 0 Å². The maximum atomic E-state index is 14.1. The summed E-state index contributed by atoms with van der Waals surface area (Å²) in [6, 6.07) is 13.3. The summed E-state index contributed by atoms with van der Waals surface area (Å²) in [7, 11) is -4.20. The fraction of sp³-hybridized carbons (Fsp3) is 0.0526.